The summed E-state index contributed by atoms with van der Waals surface area (Å²) in [5.74, 6) is 0.480. The Morgan fingerprint density at radius 1 is 0.935 bits per heavy atom. The third kappa shape index (κ3) is 4.66. The highest BCUT2D eigenvalue weighted by atomic mass is 32.1. The lowest BCUT2D eigenvalue weighted by atomic mass is 9.67. The molecule has 2 N–H and O–H groups in total. The summed E-state index contributed by atoms with van der Waals surface area (Å²) in [5.41, 5.74) is 7.28. The zero-order chi connectivity index (χ0) is 21.1. The van der Waals surface area contributed by atoms with Gasteiger partial charge in [-0.05, 0) is 36.2 Å². The van der Waals surface area contributed by atoms with Gasteiger partial charge in [-0.3, -0.25) is 5.43 Å². The fourth-order valence-electron chi connectivity index (χ4n) is 5.62. The summed E-state index contributed by atoms with van der Waals surface area (Å²) in [4.78, 5) is 5.30. The van der Waals surface area contributed by atoms with Crippen molar-refractivity contribution in [2.75, 3.05) is 45.8 Å². The third-order valence-electron chi connectivity index (χ3n) is 6.88. The summed E-state index contributed by atoms with van der Waals surface area (Å²) in [5, 5.41) is 8.91. The van der Waals surface area contributed by atoms with Crippen LogP contribution < -0.4 is 10.7 Å². The van der Waals surface area contributed by atoms with Gasteiger partial charge in [0.25, 0.3) is 0 Å². The van der Waals surface area contributed by atoms with Gasteiger partial charge < -0.3 is 15.1 Å². The van der Waals surface area contributed by atoms with Gasteiger partial charge in [0, 0.05) is 57.1 Å². The second-order valence-corrected chi connectivity index (χ2v) is 9.62. The molecule has 4 fully saturated rings. The van der Waals surface area contributed by atoms with E-state index in [0.29, 0.717) is 11.0 Å². The van der Waals surface area contributed by atoms with Crippen LogP contribution in [0.15, 0.2) is 65.8 Å². The molecule has 4 bridgehead atoms. The van der Waals surface area contributed by atoms with Crippen molar-refractivity contribution in [2.24, 2.45) is 16.4 Å². The fourth-order valence-corrected chi connectivity index (χ4v) is 5.77. The van der Waals surface area contributed by atoms with Crippen molar-refractivity contribution in [1.29, 1.82) is 0 Å². The number of nitrogens with one attached hydrogen (secondary N) is 2. The van der Waals surface area contributed by atoms with Crippen LogP contribution in [0.1, 0.15) is 11.1 Å². The summed E-state index contributed by atoms with van der Waals surface area (Å²) in [7, 11) is 0. The van der Waals surface area contributed by atoms with Crippen LogP contribution in [0.5, 0.6) is 0 Å². The number of hydrazone groups is 1. The first-order valence-corrected chi connectivity index (χ1v) is 11.8. The smallest absolute Gasteiger partial charge is 0.186 e. The lowest BCUT2D eigenvalue weighted by Gasteiger charge is -2.50. The summed E-state index contributed by atoms with van der Waals surface area (Å²) in [6.07, 6.45) is 1.98. The van der Waals surface area contributed by atoms with Crippen molar-refractivity contribution >= 4 is 23.0 Å². The zero-order valence-electron chi connectivity index (χ0n) is 18.0. The first-order valence-electron chi connectivity index (χ1n) is 11.3. The Balaban J connectivity index is 1.29. The molecule has 6 heteroatoms. The summed E-state index contributed by atoms with van der Waals surface area (Å²) in [6.45, 7) is 7.55. The van der Waals surface area contributed by atoms with Gasteiger partial charge in [0.05, 0.1) is 5.71 Å². The fraction of sp³-hybridized carbons (Fsp3) is 0.440. The Kier molecular flexibility index (Phi) is 6.03. The Hall–Kier alpha value is -2.28. The molecular weight excluding hydrogens is 402 g/mol. The van der Waals surface area contributed by atoms with Crippen molar-refractivity contribution in [3.8, 4) is 0 Å². The number of rotatable bonds is 6. The quantitative estimate of drug-likeness (QED) is 0.541. The van der Waals surface area contributed by atoms with E-state index >= 15 is 0 Å². The average molecular weight is 434 g/mol. The molecule has 31 heavy (non-hydrogen) atoms. The topological polar surface area (TPSA) is 42.9 Å². The van der Waals surface area contributed by atoms with Gasteiger partial charge in [-0.1, -0.05) is 60.7 Å². The Morgan fingerprint density at radius 3 is 2.19 bits per heavy atom. The van der Waals surface area contributed by atoms with Crippen LogP contribution in [0.3, 0.4) is 0 Å². The second kappa shape index (κ2) is 9.07. The third-order valence-corrected chi connectivity index (χ3v) is 7.11. The van der Waals surface area contributed by atoms with Gasteiger partial charge in [0.1, 0.15) is 0 Å². The van der Waals surface area contributed by atoms with E-state index in [-0.39, 0.29) is 5.41 Å². The molecule has 0 spiro atoms. The van der Waals surface area contributed by atoms with Gasteiger partial charge in [0.2, 0.25) is 0 Å². The highest BCUT2D eigenvalue weighted by molar-refractivity contribution is 7.80. The molecule has 0 amide bonds. The van der Waals surface area contributed by atoms with Gasteiger partial charge in [-0.15, -0.1) is 0 Å². The molecule has 0 saturated carbocycles. The molecule has 2 atom stereocenters. The average Bonchev–Trinajstić information content (AvgIpc) is 3.02. The Labute approximate surface area is 190 Å². The maximum Gasteiger partial charge on any atom is 0.186 e. The van der Waals surface area contributed by atoms with Crippen molar-refractivity contribution in [3.05, 3.63) is 71.8 Å². The largest absolute Gasteiger partial charge is 0.361 e. The Bertz CT molecular complexity index is 913. The minimum atomic E-state index is 0.0612. The highest BCUT2D eigenvalue weighted by Crippen LogP contribution is 2.40. The van der Waals surface area contributed by atoms with Crippen molar-refractivity contribution in [1.82, 2.24) is 20.5 Å². The maximum absolute atomic E-state index is 5.54. The number of thiocarbonyl (C=S) groups is 1. The summed E-state index contributed by atoms with van der Waals surface area (Å²) < 4.78 is 0. The molecular formula is C25H31N5S. The van der Waals surface area contributed by atoms with Crippen LogP contribution in [0.4, 0.5) is 0 Å². The van der Waals surface area contributed by atoms with E-state index in [1.165, 1.54) is 29.9 Å². The van der Waals surface area contributed by atoms with Crippen LogP contribution in [-0.2, 0) is 12.8 Å². The van der Waals surface area contributed by atoms with Gasteiger partial charge in [-0.25, -0.2) is 0 Å². The molecule has 4 saturated heterocycles. The molecule has 2 aromatic carbocycles. The molecule has 0 aliphatic carbocycles. The highest BCUT2D eigenvalue weighted by Gasteiger charge is 2.52. The summed E-state index contributed by atoms with van der Waals surface area (Å²) >= 11 is 5.54. The zero-order valence-corrected chi connectivity index (χ0v) is 18.8. The predicted molar refractivity (Wildman–Crippen MR) is 130 cm³/mol. The van der Waals surface area contributed by atoms with E-state index in [4.69, 9.17) is 17.3 Å². The van der Waals surface area contributed by atoms with Crippen molar-refractivity contribution in [3.63, 3.8) is 0 Å². The number of hydrogen-bond acceptors (Lipinski definition) is 4. The van der Waals surface area contributed by atoms with Crippen molar-refractivity contribution < 1.29 is 0 Å². The van der Waals surface area contributed by atoms with Crippen LogP contribution in [-0.4, -0.2) is 66.4 Å². The SMILES string of the molecule is S=C(NCCc1ccccc1)NN=C1C2CN3CCN(C2)CC1(Cc1ccccc1)C3. The van der Waals surface area contributed by atoms with Crippen LogP contribution >= 0.6 is 12.2 Å². The van der Waals surface area contributed by atoms with Gasteiger partial charge in [0.15, 0.2) is 5.11 Å². The monoisotopic (exact) mass is 433 g/mol. The molecule has 2 aromatic rings. The minimum Gasteiger partial charge on any atom is -0.361 e. The van der Waals surface area contributed by atoms with E-state index < -0.39 is 0 Å². The number of hydrogen-bond donors (Lipinski definition) is 2. The molecule has 4 aliphatic heterocycles. The second-order valence-electron chi connectivity index (χ2n) is 9.21. The molecule has 0 aromatic heterocycles. The molecule has 4 aliphatic rings. The van der Waals surface area contributed by atoms with Gasteiger partial charge >= 0.3 is 0 Å². The molecule has 2 unspecified atom stereocenters. The van der Waals surface area contributed by atoms with Crippen LogP contribution in [0.2, 0.25) is 0 Å². The van der Waals surface area contributed by atoms with E-state index in [2.05, 4.69) is 75.1 Å². The first-order chi connectivity index (χ1) is 15.2. The maximum atomic E-state index is 5.54. The number of nitrogens with zero attached hydrogens (tertiary/aromatic N) is 3. The van der Waals surface area contributed by atoms with E-state index in [9.17, 15) is 0 Å². The van der Waals surface area contributed by atoms with E-state index in [1.807, 2.05) is 6.07 Å². The van der Waals surface area contributed by atoms with Gasteiger partial charge in [-0.2, -0.15) is 5.10 Å². The lowest BCUT2D eigenvalue weighted by molar-refractivity contribution is 0.117. The molecule has 6 rings (SSSR count). The van der Waals surface area contributed by atoms with Crippen LogP contribution in [0, 0.1) is 11.3 Å². The summed E-state index contributed by atoms with van der Waals surface area (Å²) in [6, 6.07) is 21.4. The van der Waals surface area contributed by atoms with Crippen molar-refractivity contribution in [2.45, 2.75) is 12.8 Å². The predicted octanol–water partition coefficient (Wildman–Crippen LogP) is 2.54. The molecule has 0 radical (unpaired) electrons. The lowest BCUT2D eigenvalue weighted by Crippen LogP contribution is -2.62. The van der Waals surface area contributed by atoms with Crippen LogP contribution in [0.25, 0.3) is 0 Å². The number of benzene rings is 2. The molecule has 162 valence electrons. The number of fused-ring (bicyclic) bond motifs is 1. The van der Waals surface area contributed by atoms with E-state index in [1.54, 1.807) is 0 Å². The minimum absolute atomic E-state index is 0.0612. The number of piperidine rings is 2. The first kappa shape index (κ1) is 20.6. The van der Waals surface area contributed by atoms with E-state index in [0.717, 1.165) is 45.6 Å². The molecule has 5 nitrogen and oxygen atoms in total. The Morgan fingerprint density at radius 2 is 1.55 bits per heavy atom. The normalized spacial score (nSPS) is 30.2. The molecule has 4 heterocycles. The standard InChI is InChI=1S/C25H31N5S/c31-24(26-12-11-20-7-3-1-4-8-20)28-27-23-22-16-29-13-14-30(17-22)19-25(23,18-29)15-21-9-5-2-6-10-21/h1-10,22H,11-19H2,(H2,26,28,31).